The minimum Gasteiger partial charge on any atom is -0.310 e. The van der Waals surface area contributed by atoms with E-state index in [-0.39, 0.29) is 55.0 Å². The molecular formula is C126H82BN7. The largest absolute Gasteiger partial charge is 0.310 e. The Bertz CT molecular complexity index is 9900. The van der Waals surface area contributed by atoms with Gasteiger partial charge in [-0.15, -0.1) is 0 Å². The molecule has 0 spiro atoms. The maximum Gasteiger partial charge on any atom is 0.252 e. The molecule has 3 aliphatic rings. The number of hydrogen-bond donors (Lipinski definition) is 0. The van der Waals surface area contributed by atoms with Gasteiger partial charge in [0.05, 0.1) is 95.6 Å². The molecule has 0 aliphatic carbocycles. The van der Waals surface area contributed by atoms with Gasteiger partial charge in [0.15, 0.2) is 5.69 Å². The van der Waals surface area contributed by atoms with Gasteiger partial charge in [-0.05, 0) is 274 Å². The van der Waals surface area contributed by atoms with Crippen LogP contribution in [0, 0.1) is 17.9 Å². The average molecular weight is 1730 g/mol. The number of nitriles is 1. The zero-order chi connectivity index (χ0) is 110. The molecule has 23 aromatic rings. The van der Waals surface area contributed by atoms with Crippen molar-refractivity contribution in [1.29, 1.82) is 5.26 Å². The van der Waals surface area contributed by atoms with Crippen molar-refractivity contribution >= 4 is 128 Å². The molecule has 0 fully saturated rings. The van der Waals surface area contributed by atoms with Crippen molar-refractivity contribution in [3.8, 4) is 134 Å². The van der Waals surface area contributed by atoms with Crippen LogP contribution in [0.4, 0.5) is 39.8 Å². The van der Waals surface area contributed by atoms with E-state index in [2.05, 4.69) is 167 Å². The number of rotatable bonds is 9. The zero-order valence-corrected chi connectivity index (χ0v) is 72.0. The SMILES string of the molecule is [2H]c1c([2H])c([2H])c(-c2c([2H])c([2H])c3c(c2[2H])c2c([2H])c([2H])c([2H])c([2H])c2n3-c2ccc3c(c2)N2c4cc(C(C)(C)C)cc5c4B3c3ccc(-n4c6c([2H])c([2H])c([2H])c([2H])c6c6c([2H])c(-c7c([2H])c([2H])c([2H])c([2H])c7[2H])c([2H])c([2H])c64)cc3N5c3c(-c4ccccc4)cc(-c4ccc([N+]#[C-])cc4)cc3-c3cccc(c3)-c3ccc4c(c3)c3cc(ccc3n4-c3ccccc3)-c3cccc(c3)-c3cc(-c4ccc(C#N)cc4)cc(-c4ccccc4)c32)c([2H])c1[2H]. The number of nitrogens with zero attached hydrogens (tertiary/aromatic N) is 7. The number of benzene rings is 20. The predicted octanol–water partition coefficient (Wildman–Crippen LogP) is 31.8. The first kappa shape index (κ1) is 56.7. The topological polar surface area (TPSA) is 49.4 Å². The van der Waals surface area contributed by atoms with Crippen molar-refractivity contribution in [3.63, 3.8) is 0 Å². The maximum atomic E-state index is 10.6. The lowest BCUT2D eigenvalue weighted by atomic mass is 9.33. The Morgan fingerprint density at radius 2 is 0.687 bits per heavy atom. The predicted molar refractivity (Wildman–Crippen MR) is 561 cm³/mol. The molecule has 3 aromatic heterocycles. The van der Waals surface area contributed by atoms with E-state index in [1.54, 1.807) is 36.4 Å². The first-order valence-corrected chi connectivity index (χ1v) is 44.1. The van der Waals surface area contributed by atoms with Crippen LogP contribution < -0.4 is 26.2 Å². The summed E-state index contributed by atoms with van der Waals surface area (Å²) in [4.78, 5) is 8.33. The quantitative estimate of drug-likeness (QED) is 0.107. The van der Waals surface area contributed by atoms with E-state index in [4.69, 9.17) is 14.8 Å². The third-order valence-electron chi connectivity index (χ3n) is 26.5. The van der Waals surface area contributed by atoms with Gasteiger partial charge in [0.1, 0.15) is 0 Å². The summed E-state index contributed by atoms with van der Waals surface area (Å²) >= 11 is 0. The maximum absolute atomic E-state index is 10.6. The molecule has 0 unspecified atom stereocenters. The van der Waals surface area contributed by atoms with Crippen LogP contribution in [0.5, 0.6) is 0 Å². The van der Waals surface area contributed by atoms with Crippen molar-refractivity contribution in [3.05, 3.63) is 465 Å². The first-order chi connectivity index (χ1) is 76.0. The Labute approximate surface area is 811 Å². The number of fused-ring (bicyclic) bond motifs is 26. The molecule has 0 amide bonds. The van der Waals surface area contributed by atoms with E-state index in [1.807, 2.05) is 140 Å². The van der Waals surface area contributed by atoms with Gasteiger partial charge >= 0.3 is 0 Å². The van der Waals surface area contributed by atoms with Crippen molar-refractivity contribution < 1.29 is 32.9 Å². The number of anilines is 6. The summed E-state index contributed by atoms with van der Waals surface area (Å²) in [5.74, 6) is 0. The Morgan fingerprint density at radius 3 is 1.14 bits per heavy atom. The summed E-state index contributed by atoms with van der Waals surface area (Å²) in [5.41, 5.74) is 16.9. The molecule has 7 nitrogen and oxygen atoms in total. The van der Waals surface area contributed by atoms with Gasteiger partial charge in [-0.25, -0.2) is 4.85 Å². The average Bonchev–Trinajstić information content (AvgIpc) is 1.66. The van der Waals surface area contributed by atoms with Gasteiger partial charge in [0.25, 0.3) is 6.71 Å². The third kappa shape index (κ3) is 12.4. The highest BCUT2D eigenvalue weighted by atomic mass is 15.2. The fourth-order valence-corrected chi connectivity index (χ4v) is 20.3. The fraction of sp³-hybridized carbons (Fsp3) is 0.0317. The van der Waals surface area contributed by atoms with Crippen LogP contribution in [0.25, 0.3) is 199 Å². The molecule has 26 rings (SSSR count). The minimum atomic E-state index is -1.04. The smallest absolute Gasteiger partial charge is 0.252 e. The lowest BCUT2D eigenvalue weighted by Crippen LogP contribution is -2.61. The van der Waals surface area contributed by atoms with Crippen molar-refractivity contribution in [1.82, 2.24) is 13.7 Å². The molecule has 8 heteroatoms. The number of para-hydroxylation sites is 3. The lowest BCUT2D eigenvalue weighted by Gasteiger charge is -2.46. The Kier molecular flexibility index (Phi) is 12.9. The van der Waals surface area contributed by atoms with Crippen LogP contribution in [0.1, 0.15) is 64.8 Å². The second-order valence-corrected chi connectivity index (χ2v) is 35.0. The monoisotopic (exact) mass is 1730 g/mol. The van der Waals surface area contributed by atoms with E-state index in [9.17, 15) is 29.9 Å². The molecule has 624 valence electrons. The molecule has 0 N–H and O–H groups in total. The second-order valence-electron chi connectivity index (χ2n) is 35.0. The van der Waals surface area contributed by atoms with Crippen LogP contribution in [0.2, 0.25) is 0 Å². The van der Waals surface area contributed by atoms with Gasteiger partial charge < -0.3 is 23.5 Å². The number of hydrogen-bond acceptors (Lipinski definition) is 3. The van der Waals surface area contributed by atoms with Gasteiger partial charge in [-0.3, -0.25) is 0 Å². The summed E-state index contributed by atoms with van der Waals surface area (Å²) in [7, 11) is 0. The van der Waals surface area contributed by atoms with Crippen LogP contribution >= 0.6 is 0 Å². The van der Waals surface area contributed by atoms with Crippen LogP contribution in [-0.2, 0) is 5.41 Å². The van der Waals surface area contributed by atoms with Crippen LogP contribution in [0.15, 0.2) is 442 Å². The van der Waals surface area contributed by atoms with Gasteiger partial charge in [0, 0.05) is 94.4 Å². The van der Waals surface area contributed by atoms with E-state index in [0.29, 0.717) is 101 Å². The Balaban J connectivity index is 0.883. The third-order valence-corrected chi connectivity index (χ3v) is 26.5. The van der Waals surface area contributed by atoms with Gasteiger partial charge in [-0.2, -0.15) is 5.26 Å². The van der Waals surface area contributed by atoms with Crippen molar-refractivity contribution in [2.24, 2.45) is 0 Å². The molecule has 134 heavy (non-hydrogen) atoms. The summed E-state index contributed by atoms with van der Waals surface area (Å²) < 4.78 is 238. The van der Waals surface area contributed by atoms with E-state index >= 15 is 0 Å². The Morgan fingerprint density at radius 1 is 0.291 bits per heavy atom. The zero-order valence-electron chi connectivity index (χ0n) is 96.0. The molecule has 0 saturated carbocycles. The first-order valence-electron chi connectivity index (χ1n) is 56.1. The summed E-state index contributed by atoms with van der Waals surface area (Å²) in [5, 5.41) is 11.3. The molecule has 3 aliphatic heterocycles. The summed E-state index contributed by atoms with van der Waals surface area (Å²) in [6, 6.07) is 83.5. The highest BCUT2D eigenvalue weighted by Crippen LogP contribution is 2.57. The standard InChI is InChI=1S/C126H82BN7/c1-126(2,3)96-74-121-123-122(75-96)134-120-77-100(132-114-43-23-21-41-102(114)108-67-89(51-61-116(108)132)81-28-12-6-13-29-81)57-59-112(120)127(123)111-58-56-99(131-113-42-22-20-40-101(113)107-66-88(50-60-115(107)131)80-26-10-5-11-27-80)76-119(111)133(121)124-103(84-30-14-7-15-31-84)70-94(82-46-44-79(78-128)45-47-82)72-105(124)92-36-24-34-86(64-92)90-52-62-117-109(68-90)110-69-91(53-63-118(110)130(117)98-38-18-9-19-39-98)87-35-25-37-93(65-87)106-73-95(83-48-54-97(129-4)55-49-83)71-104(125(106)134)85-32-16-8-17-33-85/h5-77H,1-3H3/i5D,6D,10D,11D,12D,13D,20D,21D,22D,23D,26D,27D,28D,29D,40D,41D,42D,43D,50D,51D,60D,61D,66D,67D. The lowest BCUT2D eigenvalue weighted by molar-refractivity contribution is 0.590. The number of aromatic nitrogens is 3. The normalized spacial score (nSPS) is 14.9. The Hall–Kier alpha value is -17.6. The van der Waals surface area contributed by atoms with Gasteiger partial charge in [0.2, 0.25) is 0 Å². The fourth-order valence-electron chi connectivity index (χ4n) is 20.3. The molecule has 0 radical (unpaired) electrons. The molecule has 20 aromatic carbocycles. The highest BCUT2D eigenvalue weighted by Gasteiger charge is 2.47. The van der Waals surface area contributed by atoms with E-state index in [1.165, 1.54) is 9.13 Å². The summed E-state index contributed by atoms with van der Waals surface area (Å²) in [6.45, 7) is 13.6. The van der Waals surface area contributed by atoms with Gasteiger partial charge in [-0.1, -0.05) is 305 Å². The molecule has 6 heterocycles. The van der Waals surface area contributed by atoms with Crippen molar-refractivity contribution in [2.75, 3.05) is 9.80 Å². The van der Waals surface area contributed by atoms with E-state index < -0.39 is 179 Å². The minimum absolute atomic E-state index is 0.111. The van der Waals surface area contributed by atoms with Crippen LogP contribution in [-0.4, -0.2) is 20.4 Å². The molecule has 13 bridgehead atoms. The molecular weight excluding hydrogens is 1620 g/mol. The molecule has 0 saturated heterocycles. The second kappa shape index (κ2) is 30.6. The molecule has 0 atom stereocenters. The summed E-state index contributed by atoms with van der Waals surface area (Å²) in [6.07, 6.45) is 0. The van der Waals surface area contributed by atoms with Crippen LogP contribution in [0.3, 0.4) is 0 Å². The van der Waals surface area contributed by atoms with E-state index in [0.717, 1.165) is 83.1 Å². The highest BCUT2D eigenvalue weighted by molar-refractivity contribution is 7.00. The van der Waals surface area contributed by atoms with Crippen molar-refractivity contribution in [2.45, 2.75) is 26.2 Å².